The number of amides is 1. The molecule has 6 heteroatoms. The van der Waals surface area contributed by atoms with E-state index < -0.39 is 5.97 Å². The Morgan fingerprint density at radius 1 is 1.65 bits per heavy atom. The zero-order valence-corrected chi connectivity index (χ0v) is 9.46. The number of rotatable bonds is 3. The van der Waals surface area contributed by atoms with Crippen LogP contribution in [0.25, 0.3) is 0 Å². The molecule has 1 aromatic rings. The van der Waals surface area contributed by atoms with Crippen molar-refractivity contribution in [1.29, 1.82) is 0 Å². The molecule has 1 atom stereocenters. The van der Waals surface area contributed by atoms with E-state index in [9.17, 15) is 9.59 Å². The molecule has 1 aliphatic heterocycles. The zero-order valence-electron chi connectivity index (χ0n) is 9.46. The minimum atomic E-state index is -1.07. The molecule has 0 spiro atoms. The van der Waals surface area contributed by atoms with Gasteiger partial charge in [-0.15, -0.1) is 0 Å². The Hall–Kier alpha value is -1.98. The van der Waals surface area contributed by atoms with E-state index in [0.29, 0.717) is 24.6 Å². The first-order chi connectivity index (χ1) is 8.08. The van der Waals surface area contributed by atoms with Gasteiger partial charge in [0.2, 0.25) is 5.91 Å². The van der Waals surface area contributed by atoms with Gasteiger partial charge in [-0.1, -0.05) is 6.92 Å². The molecular formula is C11H13N3O3. The summed E-state index contributed by atoms with van der Waals surface area (Å²) in [7, 11) is 0. The van der Waals surface area contributed by atoms with E-state index in [1.807, 2.05) is 6.92 Å². The number of carboxylic acid groups (broad SMARTS) is 1. The fraction of sp³-hybridized carbons (Fsp3) is 0.455. The van der Waals surface area contributed by atoms with Crippen LogP contribution in [0.15, 0.2) is 12.5 Å². The predicted octanol–water partition coefficient (Wildman–Crippen LogP) is 0.543. The molecule has 6 nitrogen and oxygen atoms in total. The Morgan fingerprint density at radius 2 is 2.41 bits per heavy atom. The van der Waals surface area contributed by atoms with Crippen molar-refractivity contribution in [1.82, 2.24) is 14.9 Å². The maximum Gasteiger partial charge on any atom is 0.339 e. The van der Waals surface area contributed by atoms with Crippen LogP contribution < -0.4 is 0 Å². The summed E-state index contributed by atoms with van der Waals surface area (Å²) in [5.41, 5.74) is 0.440. The van der Waals surface area contributed by atoms with Crippen LogP contribution in [0.5, 0.6) is 0 Å². The second kappa shape index (κ2) is 4.48. The predicted molar refractivity (Wildman–Crippen MR) is 58.2 cm³/mol. The second-order valence-electron chi connectivity index (χ2n) is 4.27. The number of carboxylic acids is 1. The molecular weight excluding hydrogens is 222 g/mol. The number of aromatic carboxylic acids is 1. The van der Waals surface area contributed by atoms with Gasteiger partial charge in [0, 0.05) is 19.2 Å². The van der Waals surface area contributed by atoms with Crippen LogP contribution in [-0.2, 0) is 11.3 Å². The van der Waals surface area contributed by atoms with E-state index in [1.54, 1.807) is 4.90 Å². The Kier molecular flexibility index (Phi) is 3.03. The van der Waals surface area contributed by atoms with Gasteiger partial charge in [0.05, 0.1) is 12.2 Å². The van der Waals surface area contributed by atoms with Crippen LogP contribution in [0.4, 0.5) is 0 Å². The van der Waals surface area contributed by atoms with Gasteiger partial charge < -0.3 is 10.0 Å². The van der Waals surface area contributed by atoms with Gasteiger partial charge in [0.1, 0.15) is 11.9 Å². The minimum Gasteiger partial charge on any atom is -0.478 e. The van der Waals surface area contributed by atoms with Crippen molar-refractivity contribution in [3.05, 3.63) is 23.8 Å². The Bertz CT molecular complexity index is 461. The maximum absolute atomic E-state index is 11.6. The summed E-state index contributed by atoms with van der Waals surface area (Å²) in [6, 6.07) is 0. The van der Waals surface area contributed by atoms with Crippen molar-refractivity contribution in [2.24, 2.45) is 5.92 Å². The van der Waals surface area contributed by atoms with Crippen LogP contribution >= 0.6 is 0 Å². The summed E-state index contributed by atoms with van der Waals surface area (Å²) >= 11 is 0. The third kappa shape index (κ3) is 2.41. The summed E-state index contributed by atoms with van der Waals surface area (Å²) in [5, 5.41) is 8.97. The lowest BCUT2D eigenvalue weighted by Gasteiger charge is -2.16. The van der Waals surface area contributed by atoms with Gasteiger partial charge in [-0.2, -0.15) is 0 Å². The van der Waals surface area contributed by atoms with E-state index in [4.69, 9.17) is 5.11 Å². The fourth-order valence-electron chi connectivity index (χ4n) is 1.96. The van der Waals surface area contributed by atoms with E-state index >= 15 is 0 Å². The lowest BCUT2D eigenvalue weighted by Crippen LogP contribution is -2.26. The van der Waals surface area contributed by atoms with Crippen molar-refractivity contribution in [3.8, 4) is 0 Å². The number of hydrogen-bond donors (Lipinski definition) is 1. The second-order valence-corrected chi connectivity index (χ2v) is 4.27. The first-order valence-corrected chi connectivity index (χ1v) is 5.38. The number of carbonyl (C=O) groups excluding carboxylic acids is 1. The number of hydrogen-bond acceptors (Lipinski definition) is 4. The average molecular weight is 235 g/mol. The van der Waals surface area contributed by atoms with Crippen molar-refractivity contribution < 1.29 is 14.7 Å². The normalized spacial score (nSPS) is 19.7. The van der Waals surface area contributed by atoms with Crippen LogP contribution in [0, 0.1) is 5.92 Å². The van der Waals surface area contributed by atoms with Crippen molar-refractivity contribution in [3.63, 3.8) is 0 Å². The first-order valence-electron chi connectivity index (χ1n) is 5.38. The Morgan fingerprint density at radius 3 is 3.00 bits per heavy atom. The van der Waals surface area contributed by atoms with Crippen LogP contribution in [-0.4, -0.2) is 38.4 Å². The number of carbonyl (C=O) groups is 2. The smallest absolute Gasteiger partial charge is 0.339 e. The quantitative estimate of drug-likeness (QED) is 0.826. The van der Waals surface area contributed by atoms with Gasteiger partial charge in [-0.25, -0.2) is 14.8 Å². The van der Waals surface area contributed by atoms with Crippen LogP contribution in [0.3, 0.4) is 0 Å². The number of likely N-dealkylation sites (tertiary alicyclic amines) is 1. The van der Waals surface area contributed by atoms with E-state index in [-0.39, 0.29) is 18.0 Å². The lowest BCUT2D eigenvalue weighted by atomic mass is 10.2. The average Bonchev–Trinajstić information content (AvgIpc) is 2.58. The highest BCUT2D eigenvalue weighted by Crippen LogP contribution is 2.19. The van der Waals surface area contributed by atoms with Crippen molar-refractivity contribution >= 4 is 11.9 Å². The third-order valence-electron chi connectivity index (χ3n) is 2.77. The lowest BCUT2D eigenvalue weighted by molar-refractivity contribution is -0.128. The third-order valence-corrected chi connectivity index (χ3v) is 2.77. The highest BCUT2D eigenvalue weighted by atomic mass is 16.4. The maximum atomic E-state index is 11.6. The number of nitrogens with zero attached hydrogens (tertiary/aromatic N) is 3. The molecule has 2 heterocycles. The molecule has 17 heavy (non-hydrogen) atoms. The summed E-state index contributed by atoms with van der Waals surface area (Å²) in [5.74, 6) is -0.703. The van der Waals surface area contributed by atoms with Crippen LogP contribution in [0.1, 0.15) is 29.4 Å². The number of aromatic nitrogens is 2. The Labute approximate surface area is 98.3 Å². The molecule has 0 aromatic carbocycles. The van der Waals surface area contributed by atoms with Gasteiger partial charge in [0.25, 0.3) is 0 Å². The molecule has 0 radical (unpaired) electrons. The zero-order chi connectivity index (χ0) is 12.4. The molecule has 1 fully saturated rings. The molecule has 0 aliphatic carbocycles. The highest BCUT2D eigenvalue weighted by Gasteiger charge is 2.27. The molecule has 90 valence electrons. The molecule has 0 bridgehead atoms. The molecule has 1 saturated heterocycles. The summed E-state index contributed by atoms with van der Waals surface area (Å²) in [4.78, 5) is 31.8. The van der Waals surface area contributed by atoms with E-state index in [1.165, 1.54) is 12.5 Å². The van der Waals surface area contributed by atoms with E-state index in [0.717, 1.165) is 0 Å². The minimum absolute atomic E-state index is 0.0486. The molecule has 2 rings (SSSR count). The largest absolute Gasteiger partial charge is 0.478 e. The molecule has 1 aromatic heterocycles. The van der Waals surface area contributed by atoms with Gasteiger partial charge in [-0.3, -0.25) is 4.79 Å². The summed E-state index contributed by atoms with van der Waals surface area (Å²) in [6.07, 6.45) is 3.08. The topological polar surface area (TPSA) is 83.4 Å². The standard InChI is InChI=1S/C11H13N3O3/c1-7-2-10(15)14(4-7)5-9-8(11(16)17)3-12-6-13-9/h3,6-7H,2,4-5H2,1H3,(H,16,17). The van der Waals surface area contributed by atoms with Gasteiger partial charge in [0.15, 0.2) is 0 Å². The monoisotopic (exact) mass is 235 g/mol. The summed E-state index contributed by atoms with van der Waals surface area (Å²) < 4.78 is 0. The molecule has 0 saturated carbocycles. The Balaban J connectivity index is 2.19. The molecule has 1 aliphatic rings. The van der Waals surface area contributed by atoms with Crippen molar-refractivity contribution in [2.45, 2.75) is 19.9 Å². The van der Waals surface area contributed by atoms with Gasteiger partial charge >= 0.3 is 5.97 Å². The molecule has 1 N–H and O–H groups in total. The SMILES string of the molecule is CC1CC(=O)N(Cc2ncncc2C(=O)O)C1. The van der Waals surface area contributed by atoms with Crippen LogP contribution in [0.2, 0.25) is 0 Å². The molecule has 1 unspecified atom stereocenters. The van der Waals surface area contributed by atoms with Gasteiger partial charge in [-0.05, 0) is 5.92 Å². The van der Waals surface area contributed by atoms with E-state index in [2.05, 4.69) is 9.97 Å². The molecule has 1 amide bonds. The first kappa shape index (κ1) is 11.5. The summed E-state index contributed by atoms with van der Waals surface area (Å²) in [6.45, 7) is 2.89. The van der Waals surface area contributed by atoms with Crippen molar-refractivity contribution in [2.75, 3.05) is 6.54 Å². The highest BCUT2D eigenvalue weighted by molar-refractivity contribution is 5.88. The fourth-order valence-corrected chi connectivity index (χ4v) is 1.96.